The van der Waals surface area contributed by atoms with Gasteiger partial charge in [0.1, 0.15) is 18.1 Å². The van der Waals surface area contributed by atoms with Gasteiger partial charge in [0.15, 0.2) is 0 Å². The number of aromatic nitrogens is 2. The Balaban J connectivity index is 2.62. The molecule has 0 unspecified atom stereocenters. The molecule has 2 heterocycles. The third kappa shape index (κ3) is 1.68. The van der Waals surface area contributed by atoms with Gasteiger partial charge in [-0.2, -0.15) is 0 Å². The van der Waals surface area contributed by atoms with E-state index in [-0.39, 0.29) is 12.2 Å². The van der Waals surface area contributed by atoms with Crippen LogP contribution in [0.5, 0.6) is 0 Å². The summed E-state index contributed by atoms with van der Waals surface area (Å²) in [5.41, 5.74) is 1.23. The van der Waals surface area contributed by atoms with Gasteiger partial charge < -0.3 is 9.51 Å². The number of rotatable bonds is 2. The average molecular weight is 208 g/mol. The lowest BCUT2D eigenvalue weighted by atomic mass is 10.3. The number of carboxylic acid groups (broad SMARTS) is 1. The molecule has 1 N–H and O–H groups in total. The van der Waals surface area contributed by atoms with Gasteiger partial charge >= 0.3 is 5.97 Å². The smallest absolute Gasteiger partial charge is 0.311 e. The molecule has 2 aromatic heterocycles. The number of hydrogen-bond acceptors (Lipinski definition) is 2. The van der Waals surface area contributed by atoms with Crippen LogP contribution in [-0.4, -0.2) is 20.5 Å². The zero-order valence-corrected chi connectivity index (χ0v) is 8.07. The van der Waals surface area contributed by atoms with Crippen molar-refractivity contribution in [2.45, 2.75) is 13.3 Å². The molecule has 78 valence electrons. The second-order valence-corrected chi connectivity index (χ2v) is 3.28. The molecule has 0 amide bonds. The molecule has 0 aliphatic heterocycles. The van der Waals surface area contributed by atoms with Crippen molar-refractivity contribution in [2.75, 3.05) is 0 Å². The molecule has 0 aliphatic carbocycles. The van der Waals surface area contributed by atoms with Gasteiger partial charge in [0.25, 0.3) is 0 Å². The Kier molecular flexibility index (Phi) is 2.15. The third-order valence-electron chi connectivity index (χ3n) is 2.17. The van der Waals surface area contributed by atoms with Crippen LogP contribution < -0.4 is 0 Å². The summed E-state index contributed by atoms with van der Waals surface area (Å²) >= 11 is 0. The summed E-state index contributed by atoms with van der Waals surface area (Å²) in [6.45, 7) is 1.72. The minimum atomic E-state index is -0.953. The van der Waals surface area contributed by atoms with Crippen molar-refractivity contribution in [2.24, 2.45) is 0 Å². The molecule has 0 aromatic carbocycles. The highest BCUT2D eigenvalue weighted by atomic mass is 19.1. The monoisotopic (exact) mass is 208 g/mol. The number of carboxylic acids is 1. The van der Waals surface area contributed by atoms with Crippen LogP contribution in [0.15, 0.2) is 18.3 Å². The van der Waals surface area contributed by atoms with E-state index in [0.29, 0.717) is 17.0 Å². The van der Waals surface area contributed by atoms with Crippen molar-refractivity contribution in [3.8, 4) is 0 Å². The summed E-state index contributed by atoms with van der Waals surface area (Å²) in [5.74, 6) is -0.895. The lowest BCUT2D eigenvalue weighted by Crippen LogP contribution is -2.04. The maximum absolute atomic E-state index is 12.9. The molecule has 0 atom stereocenters. The first-order valence-electron chi connectivity index (χ1n) is 4.43. The van der Waals surface area contributed by atoms with Crippen LogP contribution in [0.25, 0.3) is 5.52 Å². The maximum atomic E-state index is 12.9. The van der Waals surface area contributed by atoms with Crippen LogP contribution >= 0.6 is 0 Å². The molecule has 0 aliphatic rings. The molecule has 2 aromatic rings. The standard InChI is InChI=1S/C10H9FN2O2/c1-6-8-4-7(11)2-3-13(8)9(12-6)5-10(14)15/h2-4H,5H2,1H3,(H,14,15). The summed E-state index contributed by atoms with van der Waals surface area (Å²) < 4.78 is 14.5. The van der Waals surface area contributed by atoms with Crippen molar-refractivity contribution in [3.05, 3.63) is 35.7 Å². The molecule has 15 heavy (non-hydrogen) atoms. The zero-order chi connectivity index (χ0) is 11.0. The lowest BCUT2D eigenvalue weighted by molar-refractivity contribution is -0.136. The highest BCUT2D eigenvalue weighted by Gasteiger charge is 2.11. The van der Waals surface area contributed by atoms with Gasteiger partial charge in [-0.05, 0) is 19.1 Å². The Labute approximate surface area is 85.0 Å². The molecule has 4 nitrogen and oxygen atoms in total. The highest BCUT2D eigenvalue weighted by molar-refractivity contribution is 5.70. The topological polar surface area (TPSA) is 54.6 Å². The summed E-state index contributed by atoms with van der Waals surface area (Å²) in [6.07, 6.45) is 1.32. The van der Waals surface area contributed by atoms with E-state index in [1.165, 1.54) is 18.3 Å². The summed E-state index contributed by atoms with van der Waals surface area (Å²) in [4.78, 5) is 14.6. The largest absolute Gasteiger partial charge is 0.481 e. The van der Waals surface area contributed by atoms with E-state index in [4.69, 9.17) is 5.11 Å². The van der Waals surface area contributed by atoms with Crippen molar-refractivity contribution in [1.82, 2.24) is 9.38 Å². The number of carbonyl (C=O) groups is 1. The van der Waals surface area contributed by atoms with Crippen molar-refractivity contribution >= 4 is 11.5 Å². The first kappa shape index (κ1) is 9.64. The predicted molar refractivity (Wildman–Crippen MR) is 51.2 cm³/mol. The molecule has 0 radical (unpaired) electrons. The van der Waals surface area contributed by atoms with E-state index in [1.54, 1.807) is 11.3 Å². The molecule has 0 fully saturated rings. The lowest BCUT2D eigenvalue weighted by Gasteiger charge is -1.97. The van der Waals surface area contributed by atoms with Crippen LogP contribution in [0.1, 0.15) is 11.5 Å². The normalized spacial score (nSPS) is 10.8. The fourth-order valence-corrected chi connectivity index (χ4v) is 1.54. The molecule has 0 saturated carbocycles. The summed E-state index contributed by atoms with van der Waals surface area (Å²) in [7, 11) is 0. The number of aliphatic carboxylic acids is 1. The Morgan fingerprint density at radius 3 is 3.07 bits per heavy atom. The van der Waals surface area contributed by atoms with E-state index in [9.17, 15) is 9.18 Å². The van der Waals surface area contributed by atoms with Gasteiger partial charge in [0.05, 0.1) is 11.2 Å². The highest BCUT2D eigenvalue weighted by Crippen LogP contribution is 2.14. The fourth-order valence-electron chi connectivity index (χ4n) is 1.54. The van der Waals surface area contributed by atoms with E-state index < -0.39 is 5.97 Å². The second kappa shape index (κ2) is 3.34. The number of fused-ring (bicyclic) bond motifs is 1. The average Bonchev–Trinajstić information content (AvgIpc) is 2.42. The van der Waals surface area contributed by atoms with Crippen LogP contribution in [0.4, 0.5) is 4.39 Å². The molecular formula is C10H9FN2O2. The van der Waals surface area contributed by atoms with Crippen molar-refractivity contribution < 1.29 is 14.3 Å². The Bertz CT molecular complexity index is 533. The number of imidazole rings is 1. The van der Waals surface area contributed by atoms with E-state index in [1.807, 2.05) is 0 Å². The van der Waals surface area contributed by atoms with Crippen LogP contribution in [0.2, 0.25) is 0 Å². The van der Waals surface area contributed by atoms with Gasteiger partial charge in [-0.25, -0.2) is 9.37 Å². The zero-order valence-electron chi connectivity index (χ0n) is 8.07. The van der Waals surface area contributed by atoms with Crippen LogP contribution in [-0.2, 0) is 11.2 Å². The Morgan fingerprint density at radius 1 is 1.67 bits per heavy atom. The Hall–Kier alpha value is -1.91. The minimum absolute atomic E-state index is 0.166. The van der Waals surface area contributed by atoms with Gasteiger partial charge in [0.2, 0.25) is 0 Å². The predicted octanol–water partition coefficient (Wildman–Crippen LogP) is 1.41. The number of aryl methyl sites for hydroxylation is 1. The number of nitrogens with zero attached hydrogens (tertiary/aromatic N) is 2. The fraction of sp³-hybridized carbons (Fsp3) is 0.200. The van der Waals surface area contributed by atoms with Gasteiger partial charge in [-0.3, -0.25) is 4.79 Å². The number of hydrogen-bond donors (Lipinski definition) is 1. The molecule has 0 spiro atoms. The van der Waals surface area contributed by atoms with E-state index in [0.717, 1.165) is 0 Å². The molecule has 0 bridgehead atoms. The van der Waals surface area contributed by atoms with Gasteiger partial charge in [0, 0.05) is 6.20 Å². The van der Waals surface area contributed by atoms with Crippen molar-refractivity contribution in [3.63, 3.8) is 0 Å². The molecule has 5 heteroatoms. The summed E-state index contributed by atoms with van der Waals surface area (Å²) in [6, 6.07) is 2.62. The summed E-state index contributed by atoms with van der Waals surface area (Å²) in [5, 5.41) is 8.66. The first-order valence-corrected chi connectivity index (χ1v) is 4.43. The molecular weight excluding hydrogens is 199 g/mol. The Morgan fingerprint density at radius 2 is 2.40 bits per heavy atom. The van der Waals surface area contributed by atoms with Crippen molar-refractivity contribution in [1.29, 1.82) is 0 Å². The van der Waals surface area contributed by atoms with Crippen LogP contribution in [0, 0.1) is 12.7 Å². The SMILES string of the molecule is Cc1nc(CC(=O)O)n2ccc(F)cc12. The number of halogens is 1. The molecule has 0 saturated heterocycles. The molecule has 2 rings (SSSR count). The first-order chi connectivity index (χ1) is 7.08. The maximum Gasteiger partial charge on any atom is 0.311 e. The third-order valence-corrected chi connectivity index (χ3v) is 2.17. The second-order valence-electron chi connectivity index (χ2n) is 3.28. The van der Waals surface area contributed by atoms with E-state index >= 15 is 0 Å². The van der Waals surface area contributed by atoms with Gasteiger partial charge in [-0.15, -0.1) is 0 Å². The number of pyridine rings is 1. The van der Waals surface area contributed by atoms with Crippen LogP contribution in [0.3, 0.4) is 0 Å². The van der Waals surface area contributed by atoms with E-state index in [2.05, 4.69) is 4.98 Å². The minimum Gasteiger partial charge on any atom is -0.481 e. The van der Waals surface area contributed by atoms with Gasteiger partial charge in [-0.1, -0.05) is 0 Å². The quantitative estimate of drug-likeness (QED) is 0.811.